The van der Waals surface area contributed by atoms with Crippen LogP contribution in [0.3, 0.4) is 0 Å². The molecule has 4 aromatic rings. The first-order chi connectivity index (χ1) is 18.6. The molecule has 6 rings (SSSR count). The average Bonchev–Trinajstić information content (AvgIpc) is 3.31. The lowest BCUT2D eigenvalue weighted by Gasteiger charge is -2.43. The zero-order valence-corrected chi connectivity index (χ0v) is 22.2. The largest absolute Gasteiger partial charge is 0.296 e. The molecule has 5 heteroatoms. The number of halogens is 1. The predicted molar refractivity (Wildman–Crippen MR) is 152 cm³/mol. The van der Waals surface area contributed by atoms with Crippen LogP contribution in [0.5, 0.6) is 0 Å². The molecule has 0 N–H and O–H groups in total. The van der Waals surface area contributed by atoms with Crippen molar-refractivity contribution >= 4 is 23.1 Å². The summed E-state index contributed by atoms with van der Waals surface area (Å²) in [6.45, 7) is 3.38. The van der Waals surface area contributed by atoms with E-state index in [1.54, 1.807) is 0 Å². The molecule has 2 fully saturated rings. The first kappa shape index (κ1) is 24.9. The molecule has 38 heavy (non-hydrogen) atoms. The molecule has 0 bridgehead atoms. The number of para-hydroxylation sites is 1. The lowest BCUT2D eigenvalue weighted by molar-refractivity contribution is -0.151. The van der Waals surface area contributed by atoms with E-state index in [4.69, 9.17) is 16.4 Å². The van der Waals surface area contributed by atoms with Crippen LogP contribution in [-0.4, -0.2) is 29.4 Å². The fourth-order valence-electron chi connectivity index (χ4n) is 6.14. The van der Waals surface area contributed by atoms with E-state index in [1.165, 1.54) is 5.56 Å². The van der Waals surface area contributed by atoms with Crippen molar-refractivity contribution in [1.29, 1.82) is 0 Å². The molecule has 0 amide bonds. The number of ketones is 1. The summed E-state index contributed by atoms with van der Waals surface area (Å²) in [5, 5.41) is 2.61. The lowest BCUT2D eigenvalue weighted by atomic mass is 9.71. The van der Waals surface area contributed by atoms with Gasteiger partial charge in [0.15, 0.2) is 11.4 Å². The van der Waals surface area contributed by atoms with Crippen molar-refractivity contribution in [2.45, 2.75) is 36.9 Å². The van der Waals surface area contributed by atoms with Crippen LogP contribution in [0.4, 0.5) is 5.69 Å². The Bertz CT molecular complexity index is 1400. The van der Waals surface area contributed by atoms with Gasteiger partial charge < -0.3 is 0 Å². The minimum absolute atomic E-state index is 0.123. The number of hydrogen-bond acceptors (Lipinski definition) is 4. The van der Waals surface area contributed by atoms with E-state index in [9.17, 15) is 4.79 Å². The van der Waals surface area contributed by atoms with Gasteiger partial charge in [0.1, 0.15) is 0 Å². The van der Waals surface area contributed by atoms with Gasteiger partial charge in [-0.3, -0.25) is 14.5 Å². The number of likely N-dealkylation sites (tertiary alicyclic amines) is 1. The van der Waals surface area contributed by atoms with Crippen LogP contribution in [0.25, 0.3) is 0 Å². The Morgan fingerprint density at radius 2 is 1.45 bits per heavy atom. The van der Waals surface area contributed by atoms with Crippen LogP contribution in [0, 0.1) is 0 Å². The van der Waals surface area contributed by atoms with Crippen LogP contribution in [0.1, 0.15) is 48.0 Å². The van der Waals surface area contributed by atoms with Crippen LogP contribution in [-0.2, 0) is 9.63 Å². The second kappa shape index (κ2) is 10.4. The topological polar surface area (TPSA) is 32.8 Å². The molecule has 0 aliphatic carbocycles. The van der Waals surface area contributed by atoms with E-state index < -0.39 is 5.60 Å². The number of Topliss-reactive ketones (excluding diaryl/α,β-unsaturated/α-hetero) is 1. The van der Waals surface area contributed by atoms with E-state index in [1.807, 2.05) is 77.9 Å². The third-order valence-corrected chi connectivity index (χ3v) is 8.43. The molecule has 2 unspecified atom stereocenters. The first-order valence-electron chi connectivity index (χ1n) is 13.2. The fraction of sp³-hybridized carbons (Fsp3) is 0.242. The highest BCUT2D eigenvalue weighted by atomic mass is 35.5. The van der Waals surface area contributed by atoms with E-state index in [-0.39, 0.29) is 23.8 Å². The zero-order chi connectivity index (χ0) is 26.1. The summed E-state index contributed by atoms with van der Waals surface area (Å²) >= 11 is 6.90. The molecule has 4 aromatic carbocycles. The monoisotopic (exact) mass is 522 g/mol. The van der Waals surface area contributed by atoms with E-state index in [0.29, 0.717) is 24.5 Å². The highest BCUT2D eigenvalue weighted by molar-refractivity contribution is 6.31. The molecule has 1 spiro atoms. The number of anilines is 1. The minimum atomic E-state index is -1.09. The molecule has 2 saturated heterocycles. The second-order valence-corrected chi connectivity index (χ2v) is 10.6. The number of rotatable bonds is 5. The highest BCUT2D eigenvalue weighted by Gasteiger charge is 2.62. The molecule has 0 saturated carbocycles. The van der Waals surface area contributed by atoms with Crippen LogP contribution in [0.15, 0.2) is 115 Å². The number of piperidine rings is 1. The van der Waals surface area contributed by atoms with E-state index in [2.05, 4.69) is 54.3 Å². The quantitative estimate of drug-likeness (QED) is 0.273. The average molecular weight is 523 g/mol. The normalized spacial score (nSPS) is 24.6. The van der Waals surface area contributed by atoms with E-state index in [0.717, 1.165) is 16.8 Å². The molecule has 192 valence electrons. The number of nitrogens with zero attached hydrogens (tertiary/aromatic N) is 2. The molecule has 2 aliphatic heterocycles. The van der Waals surface area contributed by atoms with Crippen LogP contribution < -0.4 is 5.06 Å². The summed E-state index contributed by atoms with van der Waals surface area (Å²) in [4.78, 5) is 23.5. The Hall–Kier alpha value is -3.44. The summed E-state index contributed by atoms with van der Waals surface area (Å²) in [5.41, 5.74) is 3.06. The van der Waals surface area contributed by atoms with Gasteiger partial charge in [0, 0.05) is 30.6 Å². The van der Waals surface area contributed by atoms with Crippen LogP contribution >= 0.6 is 11.6 Å². The second-order valence-electron chi connectivity index (χ2n) is 10.2. The van der Waals surface area contributed by atoms with Gasteiger partial charge in [0.25, 0.3) is 0 Å². The summed E-state index contributed by atoms with van der Waals surface area (Å²) in [5.74, 6) is -0.185. The molecule has 2 heterocycles. The minimum Gasteiger partial charge on any atom is -0.296 e. The van der Waals surface area contributed by atoms with E-state index >= 15 is 0 Å². The predicted octanol–water partition coefficient (Wildman–Crippen LogP) is 7.39. The molecule has 2 aliphatic rings. The van der Waals surface area contributed by atoms with Gasteiger partial charge in [-0.05, 0) is 41.8 Å². The first-order valence-corrected chi connectivity index (χ1v) is 13.6. The van der Waals surface area contributed by atoms with Crippen molar-refractivity contribution in [2.75, 3.05) is 18.2 Å². The summed E-state index contributed by atoms with van der Waals surface area (Å²) in [7, 11) is 0. The van der Waals surface area contributed by atoms with Gasteiger partial charge in [-0.25, -0.2) is 5.06 Å². The van der Waals surface area contributed by atoms with Crippen molar-refractivity contribution in [3.8, 4) is 0 Å². The number of carbonyl (C=O) groups is 1. The third kappa shape index (κ3) is 4.33. The Kier molecular flexibility index (Phi) is 6.79. The van der Waals surface area contributed by atoms with Crippen molar-refractivity contribution in [3.63, 3.8) is 0 Å². The standard InChI is InChI=1S/C33H31ClN2O2/c1-24(25-13-5-2-6-14-25)35-22-21-30(37)33(23-35)31(28-19-11-12-20-29(28)34)32(26-15-7-3-8-16-26)36(38-33)27-17-9-4-10-18-27/h2-20,24,31-32H,21-23H2,1H3/t24?,31-,32-,33?/m1/s1. The number of benzene rings is 4. The Labute approximate surface area is 229 Å². The number of hydrogen-bond donors (Lipinski definition) is 0. The van der Waals surface area contributed by atoms with Gasteiger partial charge in [-0.2, -0.15) is 0 Å². The SMILES string of the molecule is CC(c1ccccc1)N1CCC(=O)C2(C1)ON(c1ccccc1)[C@H](c1ccccc1)[C@H]2c1ccccc1Cl. The molecule has 4 atom stereocenters. The van der Waals surface area contributed by atoms with Gasteiger partial charge >= 0.3 is 0 Å². The third-order valence-electron chi connectivity index (χ3n) is 8.09. The maximum Gasteiger partial charge on any atom is 0.176 e. The Balaban J connectivity index is 1.52. The van der Waals surface area contributed by atoms with Crippen molar-refractivity contribution in [1.82, 2.24) is 4.90 Å². The molecule has 0 radical (unpaired) electrons. The summed E-state index contributed by atoms with van der Waals surface area (Å²) < 4.78 is 0. The maximum atomic E-state index is 14.2. The summed E-state index contributed by atoms with van der Waals surface area (Å²) in [6.07, 6.45) is 0.419. The smallest absolute Gasteiger partial charge is 0.176 e. The Morgan fingerprint density at radius 1 is 0.842 bits per heavy atom. The molecule has 0 aromatic heterocycles. The van der Waals surface area contributed by atoms with Crippen molar-refractivity contribution in [2.24, 2.45) is 0 Å². The van der Waals surface area contributed by atoms with Crippen LogP contribution in [0.2, 0.25) is 5.02 Å². The van der Waals surface area contributed by atoms with Crippen molar-refractivity contribution < 1.29 is 9.63 Å². The summed E-state index contributed by atoms with van der Waals surface area (Å²) in [6, 6.07) is 38.7. The zero-order valence-electron chi connectivity index (χ0n) is 21.4. The highest BCUT2D eigenvalue weighted by Crippen LogP contribution is 2.56. The molecular formula is C33H31ClN2O2. The van der Waals surface area contributed by atoms with Gasteiger partial charge in [0.2, 0.25) is 0 Å². The van der Waals surface area contributed by atoms with Crippen molar-refractivity contribution in [3.05, 3.63) is 137 Å². The van der Waals surface area contributed by atoms with Gasteiger partial charge in [-0.1, -0.05) is 109 Å². The number of carbonyl (C=O) groups excluding carboxylic acids is 1. The maximum absolute atomic E-state index is 14.2. The molecular weight excluding hydrogens is 492 g/mol. The van der Waals surface area contributed by atoms with Gasteiger partial charge in [-0.15, -0.1) is 0 Å². The molecule has 4 nitrogen and oxygen atoms in total. The number of hydroxylamine groups is 1. The lowest BCUT2D eigenvalue weighted by Crippen LogP contribution is -2.58. The Morgan fingerprint density at radius 3 is 2.13 bits per heavy atom. The van der Waals surface area contributed by atoms with Gasteiger partial charge in [0.05, 0.1) is 17.6 Å². The fourth-order valence-corrected chi connectivity index (χ4v) is 6.40.